The first-order valence-electron chi connectivity index (χ1n) is 5.50. The fraction of sp³-hybridized carbons (Fsp3) is 0.250. The summed E-state index contributed by atoms with van der Waals surface area (Å²) in [5.74, 6) is 0. The summed E-state index contributed by atoms with van der Waals surface area (Å²) in [6.45, 7) is 3.37. The van der Waals surface area contributed by atoms with Crippen molar-refractivity contribution in [3.8, 4) is 0 Å². The van der Waals surface area contributed by atoms with Crippen LogP contribution in [0.4, 0.5) is 5.69 Å². The number of rotatable bonds is 4. The molecule has 3 nitrogen and oxygen atoms in total. The van der Waals surface area contributed by atoms with Crippen molar-refractivity contribution in [2.45, 2.75) is 20.0 Å². The third kappa shape index (κ3) is 2.91. The van der Waals surface area contributed by atoms with E-state index in [1.165, 1.54) is 0 Å². The Kier molecular flexibility index (Phi) is 4.38. The molecule has 0 saturated carbocycles. The average Bonchev–Trinajstić information content (AvgIpc) is 2.82. The van der Waals surface area contributed by atoms with E-state index in [1.54, 1.807) is 18.3 Å². The molecule has 1 heterocycles. The van der Waals surface area contributed by atoms with Crippen molar-refractivity contribution in [2.75, 3.05) is 5.32 Å². The number of anilines is 1. The summed E-state index contributed by atoms with van der Waals surface area (Å²) < 4.78 is 1.84. The second-order valence-corrected chi connectivity index (χ2v) is 4.95. The summed E-state index contributed by atoms with van der Waals surface area (Å²) in [5.41, 5.74) is 1.71. The standard InChI is InChI=1S/C12H12Cl3N3/c1-2-18-7-8(5-17-18)16-6-9-10(13)3-4-11(14)12(9)15/h3-5,7,16H,2,6H2,1H3. The van der Waals surface area contributed by atoms with E-state index < -0.39 is 0 Å². The van der Waals surface area contributed by atoms with Gasteiger partial charge in [0, 0.05) is 29.9 Å². The molecule has 2 aromatic rings. The van der Waals surface area contributed by atoms with Gasteiger partial charge in [0.1, 0.15) is 0 Å². The molecule has 0 atom stereocenters. The molecule has 96 valence electrons. The van der Waals surface area contributed by atoms with Gasteiger partial charge < -0.3 is 5.32 Å². The van der Waals surface area contributed by atoms with Gasteiger partial charge in [0.15, 0.2) is 0 Å². The largest absolute Gasteiger partial charge is 0.378 e. The van der Waals surface area contributed by atoms with Gasteiger partial charge in [0.2, 0.25) is 0 Å². The minimum absolute atomic E-state index is 0.486. The SMILES string of the molecule is CCn1cc(NCc2c(Cl)ccc(Cl)c2Cl)cn1. The van der Waals surface area contributed by atoms with Crippen LogP contribution >= 0.6 is 34.8 Å². The molecule has 0 aliphatic carbocycles. The first-order chi connectivity index (χ1) is 8.61. The summed E-state index contributed by atoms with van der Waals surface area (Å²) in [6, 6.07) is 3.42. The van der Waals surface area contributed by atoms with E-state index >= 15 is 0 Å². The number of nitrogens with one attached hydrogen (secondary N) is 1. The van der Waals surface area contributed by atoms with E-state index in [2.05, 4.69) is 10.4 Å². The summed E-state index contributed by atoms with van der Waals surface area (Å²) in [4.78, 5) is 0. The smallest absolute Gasteiger partial charge is 0.0729 e. The topological polar surface area (TPSA) is 29.9 Å². The van der Waals surface area contributed by atoms with E-state index in [0.717, 1.165) is 17.8 Å². The maximum atomic E-state index is 6.12. The second kappa shape index (κ2) is 5.83. The zero-order valence-electron chi connectivity index (χ0n) is 9.75. The van der Waals surface area contributed by atoms with Gasteiger partial charge in [-0.15, -0.1) is 0 Å². The van der Waals surface area contributed by atoms with Crippen molar-refractivity contribution in [3.05, 3.63) is 45.2 Å². The van der Waals surface area contributed by atoms with Crippen LogP contribution in [0, 0.1) is 0 Å². The lowest BCUT2D eigenvalue weighted by atomic mass is 10.2. The summed E-state index contributed by atoms with van der Waals surface area (Å²) >= 11 is 18.2. The molecule has 1 N–H and O–H groups in total. The molecule has 0 fully saturated rings. The van der Waals surface area contributed by atoms with E-state index in [4.69, 9.17) is 34.8 Å². The third-order valence-electron chi connectivity index (χ3n) is 2.57. The average molecular weight is 305 g/mol. The molecule has 2 rings (SSSR count). The van der Waals surface area contributed by atoms with Gasteiger partial charge in [-0.25, -0.2) is 0 Å². The third-order valence-corrected chi connectivity index (χ3v) is 3.76. The number of aromatic nitrogens is 2. The van der Waals surface area contributed by atoms with E-state index in [-0.39, 0.29) is 0 Å². The minimum atomic E-state index is 0.486. The van der Waals surface area contributed by atoms with Crippen molar-refractivity contribution in [1.82, 2.24) is 9.78 Å². The van der Waals surface area contributed by atoms with Crippen LogP contribution in [0.3, 0.4) is 0 Å². The predicted molar refractivity (Wildman–Crippen MR) is 76.7 cm³/mol. The lowest BCUT2D eigenvalue weighted by Gasteiger charge is -2.09. The molecule has 0 spiro atoms. The Bertz CT molecular complexity index is 551. The van der Waals surface area contributed by atoms with Gasteiger partial charge in [-0.3, -0.25) is 4.68 Å². The minimum Gasteiger partial charge on any atom is -0.378 e. The number of aryl methyl sites for hydroxylation is 1. The summed E-state index contributed by atoms with van der Waals surface area (Å²) in [6.07, 6.45) is 3.68. The Morgan fingerprint density at radius 1 is 1.22 bits per heavy atom. The predicted octanol–water partition coefficient (Wildman–Crippen LogP) is 4.48. The molecule has 6 heteroatoms. The van der Waals surface area contributed by atoms with E-state index in [1.807, 2.05) is 17.8 Å². The van der Waals surface area contributed by atoms with Gasteiger partial charge in [-0.2, -0.15) is 5.10 Å². The fourth-order valence-electron chi connectivity index (χ4n) is 1.55. The molecular formula is C12H12Cl3N3. The highest BCUT2D eigenvalue weighted by Crippen LogP contribution is 2.31. The molecule has 0 amide bonds. The first kappa shape index (κ1) is 13.5. The van der Waals surface area contributed by atoms with Crippen molar-refractivity contribution in [1.29, 1.82) is 0 Å². The van der Waals surface area contributed by atoms with Crippen LogP contribution in [0.5, 0.6) is 0 Å². The molecule has 1 aromatic carbocycles. The zero-order chi connectivity index (χ0) is 13.1. The van der Waals surface area contributed by atoms with Crippen LogP contribution in [0.2, 0.25) is 15.1 Å². The van der Waals surface area contributed by atoms with Crippen molar-refractivity contribution in [2.24, 2.45) is 0 Å². The van der Waals surface area contributed by atoms with Crippen LogP contribution in [-0.4, -0.2) is 9.78 Å². The van der Waals surface area contributed by atoms with Gasteiger partial charge >= 0.3 is 0 Å². The molecule has 0 unspecified atom stereocenters. The van der Waals surface area contributed by atoms with E-state index in [9.17, 15) is 0 Å². The molecule has 0 saturated heterocycles. The van der Waals surface area contributed by atoms with Crippen LogP contribution < -0.4 is 5.32 Å². The molecule has 0 radical (unpaired) electrons. The fourth-order valence-corrected chi connectivity index (χ4v) is 2.23. The maximum absolute atomic E-state index is 6.12. The van der Waals surface area contributed by atoms with Gasteiger partial charge in [0.05, 0.1) is 21.9 Å². The Balaban J connectivity index is 2.12. The lowest BCUT2D eigenvalue weighted by molar-refractivity contribution is 0.660. The highest BCUT2D eigenvalue weighted by molar-refractivity contribution is 6.44. The number of nitrogens with zero attached hydrogens (tertiary/aromatic N) is 2. The number of hydrogen-bond donors (Lipinski definition) is 1. The number of hydrogen-bond acceptors (Lipinski definition) is 2. The van der Waals surface area contributed by atoms with E-state index in [0.29, 0.717) is 21.6 Å². The summed E-state index contributed by atoms with van der Waals surface area (Å²) in [5, 5.41) is 8.97. The quantitative estimate of drug-likeness (QED) is 0.844. The summed E-state index contributed by atoms with van der Waals surface area (Å²) in [7, 11) is 0. The van der Waals surface area contributed by atoms with Crippen molar-refractivity contribution < 1.29 is 0 Å². The lowest BCUT2D eigenvalue weighted by Crippen LogP contribution is -2.00. The van der Waals surface area contributed by atoms with Crippen molar-refractivity contribution >= 4 is 40.5 Å². The van der Waals surface area contributed by atoms with Crippen LogP contribution in [-0.2, 0) is 13.1 Å². The van der Waals surface area contributed by atoms with Gasteiger partial charge in [-0.05, 0) is 19.1 Å². The molecule has 0 aliphatic rings. The molecule has 0 bridgehead atoms. The Hall–Kier alpha value is -0.900. The highest BCUT2D eigenvalue weighted by Gasteiger charge is 2.09. The van der Waals surface area contributed by atoms with Crippen LogP contribution in [0.15, 0.2) is 24.5 Å². The normalized spacial score (nSPS) is 10.7. The van der Waals surface area contributed by atoms with Crippen LogP contribution in [0.1, 0.15) is 12.5 Å². The van der Waals surface area contributed by atoms with Crippen LogP contribution in [0.25, 0.3) is 0 Å². The maximum Gasteiger partial charge on any atom is 0.0729 e. The molecule has 18 heavy (non-hydrogen) atoms. The Morgan fingerprint density at radius 3 is 2.61 bits per heavy atom. The second-order valence-electron chi connectivity index (χ2n) is 3.76. The number of benzene rings is 1. The van der Waals surface area contributed by atoms with Gasteiger partial charge in [-0.1, -0.05) is 34.8 Å². The first-order valence-corrected chi connectivity index (χ1v) is 6.64. The molecule has 1 aromatic heterocycles. The molecular weight excluding hydrogens is 293 g/mol. The van der Waals surface area contributed by atoms with Crippen molar-refractivity contribution in [3.63, 3.8) is 0 Å². The Labute approximate surface area is 121 Å². The Morgan fingerprint density at radius 2 is 1.94 bits per heavy atom. The monoisotopic (exact) mass is 303 g/mol. The highest BCUT2D eigenvalue weighted by atomic mass is 35.5. The zero-order valence-corrected chi connectivity index (χ0v) is 12.0. The number of halogens is 3. The molecule has 0 aliphatic heterocycles. The van der Waals surface area contributed by atoms with Gasteiger partial charge in [0.25, 0.3) is 0 Å².